The van der Waals surface area contributed by atoms with Crippen molar-refractivity contribution < 1.29 is 4.79 Å². The van der Waals surface area contributed by atoms with Crippen LogP contribution in [0.1, 0.15) is 42.5 Å². The molecule has 5 N–H and O–H groups in total. The zero-order valence-electron chi connectivity index (χ0n) is 20.9. The molecule has 1 fully saturated rings. The van der Waals surface area contributed by atoms with Gasteiger partial charge in [-0.25, -0.2) is 10.1 Å². The van der Waals surface area contributed by atoms with Crippen molar-refractivity contribution >= 4 is 40.9 Å². The number of nitrogens with one attached hydrogen (secondary N) is 3. The number of aromatic nitrogens is 6. The maximum atomic E-state index is 13.7. The Morgan fingerprint density at radius 1 is 1.19 bits per heavy atom. The topological polar surface area (TPSA) is 154 Å². The highest BCUT2D eigenvalue weighted by Gasteiger charge is 2.40. The maximum Gasteiger partial charge on any atom is 0.233 e. The van der Waals surface area contributed by atoms with Gasteiger partial charge in [0.2, 0.25) is 5.91 Å². The molecule has 0 bridgehead atoms. The van der Waals surface area contributed by atoms with Gasteiger partial charge in [0.1, 0.15) is 17.5 Å². The molecule has 1 aliphatic rings. The van der Waals surface area contributed by atoms with E-state index in [0.29, 0.717) is 24.4 Å². The number of tetrazole rings is 1. The first-order valence-electron chi connectivity index (χ1n) is 12.0. The molecule has 4 aromatic rings. The number of nitrogens with two attached hydrogens (primary N) is 1. The monoisotopic (exact) mass is 522 g/mol. The van der Waals surface area contributed by atoms with Gasteiger partial charge in [-0.2, -0.15) is 0 Å². The van der Waals surface area contributed by atoms with E-state index in [1.165, 1.54) is 0 Å². The lowest BCUT2D eigenvalue weighted by Gasteiger charge is -2.32. The van der Waals surface area contributed by atoms with E-state index in [9.17, 15) is 4.79 Å². The van der Waals surface area contributed by atoms with E-state index in [1.807, 2.05) is 61.3 Å². The molecule has 0 radical (unpaired) electrons. The van der Waals surface area contributed by atoms with E-state index in [1.54, 1.807) is 0 Å². The number of hydrogen-bond donors (Lipinski definition) is 4. The third-order valence-electron chi connectivity index (χ3n) is 7.03. The molecule has 1 amide bonds. The number of benzene rings is 2. The van der Waals surface area contributed by atoms with E-state index in [0.717, 1.165) is 54.0 Å². The first-order valence-corrected chi connectivity index (χ1v) is 12.0. The number of carbonyl (C=O) groups is 1. The number of H-pyrrole nitrogens is 1. The predicted octanol–water partition coefficient (Wildman–Crippen LogP) is 2.53. The largest absolute Gasteiger partial charge is 0.384 e. The molecule has 3 heterocycles. The number of anilines is 1. The van der Waals surface area contributed by atoms with E-state index >= 15 is 0 Å². The summed E-state index contributed by atoms with van der Waals surface area (Å²) in [7, 11) is 1.99. The Balaban J connectivity index is 0.00000320. The molecule has 1 unspecified atom stereocenters. The van der Waals surface area contributed by atoms with Crippen molar-refractivity contribution in [2.24, 2.45) is 12.8 Å². The summed E-state index contributed by atoms with van der Waals surface area (Å²) < 4.78 is 2.05. The summed E-state index contributed by atoms with van der Waals surface area (Å²) in [6.07, 6.45) is 2.43. The van der Waals surface area contributed by atoms with Crippen LogP contribution in [-0.2, 0) is 30.2 Å². The summed E-state index contributed by atoms with van der Waals surface area (Å²) in [6.45, 7) is 4.04. The number of fused-ring (bicyclic) bond motifs is 1. The number of nitrogens with zero attached hydrogens (tertiary/aromatic N) is 6. The number of aryl methyl sites for hydroxylation is 1. The molecule has 194 valence electrons. The zero-order chi connectivity index (χ0) is 25.3. The van der Waals surface area contributed by atoms with Gasteiger partial charge in [-0.3, -0.25) is 10.2 Å². The van der Waals surface area contributed by atoms with Crippen LogP contribution in [0.2, 0.25) is 0 Å². The van der Waals surface area contributed by atoms with Gasteiger partial charge in [-0.05, 0) is 72.2 Å². The van der Waals surface area contributed by atoms with Crippen LogP contribution < -0.4 is 11.1 Å². The Labute approximate surface area is 220 Å². The second-order valence-corrected chi connectivity index (χ2v) is 9.49. The van der Waals surface area contributed by atoms with Crippen molar-refractivity contribution in [3.8, 4) is 0 Å². The lowest BCUT2D eigenvalue weighted by molar-refractivity contribution is -0.135. The van der Waals surface area contributed by atoms with Crippen molar-refractivity contribution in [1.29, 1.82) is 5.41 Å². The summed E-state index contributed by atoms with van der Waals surface area (Å²) in [4.78, 5) is 20.5. The Kier molecular flexibility index (Phi) is 7.44. The molecule has 37 heavy (non-hydrogen) atoms. The molecular formula is C25H31ClN10O. The van der Waals surface area contributed by atoms with Gasteiger partial charge in [0.15, 0.2) is 0 Å². The Morgan fingerprint density at radius 2 is 1.92 bits per heavy atom. The van der Waals surface area contributed by atoms with Gasteiger partial charge < -0.3 is 20.5 Å². The summed E-state index contributed by atoms with van der Waals surface area (Å²) in [6, 6.07) is 13.5. The van der Waals surface area contributed by atoms with Gasteiger partial charge in [0.25, 0.3) is 0 Å². The van der Waals surface area contributed by atoms with Crippen LogP contribution in [0.4, 0.5) is 5.69 Å². The highest BCUT2D eigenvalue weighted by atomic mass is 35.5. The number of likely N-dealkylation sites (tertiary alicyclic amines) is 1. The number of imidazole rings is 1. The normalized spacial score (nSPS) is 14.8. The standard InChI is InChI=1S/C25H30N10O.ClH/c1-25(14-21-30-32-33-31-21,24(36)35-11-3-4-12-35)17-7-10-20-19(13-17)29-22(34(20)2)15-28-18-8-5-16(6-9-18)23(26)27;/h5-10,13,28H,3-4,11-12,14-15H2,1-2H3,(H3,26,27)(H,30,31,32,33);1H. The van der Waals surface area contributed by atoms with Gasteiger partial charge in [-0.1, -0.05) is 6.07 Å². The van der Waals surface area contributed by atoms with Crippen molar-refractivity contribution in [3.05, 3.63) is 65.2 Å². The smallest absolute Gasteiger partial charge is 0.233 e. The van der Waals surface area contributed by atoms with Gasteiger partial charge in [0, 0.05) is 37.8 Å². The molecule has 11 nitrogen and oxygen atoms in total. The average molecular weight is 523 g/mol. The highest BCUT2D eigenvalue weighted by molar-refractivity contribution is 5.95. The van der Waals surface area contributed by atoms with Crippen molar-refractivity contribution in [2.45, 2.75) is 38.1 Å². The fourth-order valence-corrected chi connectivity index (χ4v) is 4.86. The second kappa shape index (κ2) is 10.6. The number of hydrogen-bond acceptors (Lipinski definition) is 7. The van der Waals surface area contributed by atoms with Crippen LogP contribution in [0.25, 0.3) is 11.0 Å². The van der Waals surface area contributed by atoms with Crippen LogP contribution >= 0.6 is 12.4 Å². The van der Waals surface area contributed by atoms with E-state index < -0.39 is 5.41 Å². The Morgan fingerprint density at radius 3 is 2.57 bits per heavy atom. The van der Waals surface area contributed by atoms with Crippen molar-refractivity contribution in [2.75, 3.05) is 18.4 Å². The fourth-order valence-electron chi connectivity index (χ4n) is 4.86. The first-order chi connectivity index (χ1) is 17.3. The molecule has 0 spiro atoms. The second-order valence-electron chi connectivity index (χ2n) is 9.49. The zero-order valence-corrected chi connectivity index (χ0v) is 21.7. The van der Waals surface area contributed by atoms with Crippen molar-refractivity contribution in [1.82, 2.24) is 35.1 Å². The number of halogens is 1. The number of nitrogen functional groups attached to an aromatic ring is 1. The number of aromatic amines is 1. The number of amides is 1. The van der Waals surface area contributed by atoms with Crippen LogP contribution in [0, 0.1) is 5.41 Å². The van der Waals surface area contributed by atoms with E-state index in [-0.39, 0.29) is 24.1 Å². The molecule has 1 aliphatic heterocycles. The minimum atomic E-state index is -0.825. The quantitative estimate of drug-likeness (QED) is 0.205. The number of rotatable bonds is 8. The maximum absolute atomic E-state index is 13.7. The lowest BCUT2D eigenvalue weighted by atomic mass is 9.77. The van der Waals surface area contributed by atoms with Crippen LogP contribution in [0.3, 0.4) is 0 Å². The van der Waals surface area contributed by atoms with Crippen LogP contribution in [0.15, 0.2) is 42.5 Å². The summed E-state index contributed by atoms with van der Waals surface area (Å²) in [5.41, 5.74) is 9.02. The van der Waals surface area contributed by atoms with Crippen LogP contribution in [-0.4, -0.2) is 59.9 Å². The minimum Gasteiger partial charge on any atom is -0.384 e. The molecule has 12 heteroatoms. The lowest BCUT2D eigenvalue weighted by Crippen LogP contribution is -2.45. The number of amidine groups is 1. The fraction of sp³-hybridized carbons (Fsp3) is 0.360. The molecule has 2 aromatic heterocycles. The molecule has 1 atom stereocenters. The molecule has 0 saturated carbocycles. The minimum absolute atomic E-state index is 0. The predicted molar refractivity (Wildman–Crippen MR) is 144 cm³/mol. The molecule has 2 aromatic carbocycles. The summed E-state index contributed by atoms with van der Waals surface area (Å²) >= 11 is 0. The Hall–Kier alpha value is -3.99. The first kappa shape index (κ1) is 26.1. The summed E-state index contributed by atoms with van der Waals surface area (Å²) in [5.74, 6) is 1.57. The van der Waals surface area contributed by atoms with Gasteiger partial charge >= 0.3 is 0 Å². The van der Waals surface area contributed by atoms with Crippen molar-refractivity contribution in [3.63, 3.8) is 0 Å². The van der Waals surface area contributed by atoms with E-state index in [4.69, 9.17) is 16.1 Å². The molecular weight excluding hydrogens is 492 g/mol. The molecule has 0 aliphatic carbocycles. The van der Waals surface area contributed by atoms with Gasteiger partial charge in [-0.15, -0.1) is 17.5 Å². The highest BCUT2D eigenvalue weighted by Crippen LogP contribution is 2.33. The molecule has 5 rings (SSSR count). The summed E-state index contributed by atoms with van der Waals surface area (Å²) in [5, 5.41) is 25.2. The third-order valence-corrected chi connectivity index (χ3v) is 7.03. The SMILES string of the molecule is Cl.Cn1c(CNc2ccc(C(=N)N)cc2)nc2cc(C(C)(Cc3nnn[nH]3)C(=O)N3CCCC3)ccc21. The van der Waals surface area contributed by atoms with E-state index in [2.05, 4.69) is 30.5 Å². The van der Waals surface area contributed by atoms with Gasteiger partial charge in [0.05, 0.1) is 23.0 Å². The average Bonchev–Trinajstić information content (AvgIpc) is 3.65. The molecule has 1 saturated heterocycles. The number of carbonyl (C=O) groups excluding carboxylic acids is 1. The third kappa shape index (κ3) is 5.12. The Bertz CT molecular complexity index is 1390. The van der Waals surface area contributed by atoms with Crippen LogP contribution in [0.5, 0.6) is 0 Å².